The van der Waals surface area contributed by atoms with Crippen LogP contribution in [0.15, 0.2) is 60.6 Å². The summed E-state index contributed by atoms with van der Waals surface area (Å²) in [5, 5.41) is 29.6. The van der Waals surface area contributed by atoms with Crippen molar-refractivity contribution in [3.8, 4) is 34.4 Å². The lowest BCUT2D eigenvalue weighted by Gasteiger charge is -2.06. The molecule has 0 saturated carbocycles. The molecule has 0 fully saturated rings. The summed E-state index contributed by atoms with van der Waals surface area (Å²) in [7, 11) is 1.90. The van der Waals surface area contributed by atoms with Gasteiger partial charge in [0.2, 0.25) is 5.78 Å². The summed E-state index contributed by atoms with van der Waals surface area (Å²) in [4.78, 5) is 17.0. The van der Waals surface area contributed by atoms with Gasteiger partial charge in [-0.3, -0.25) is 4.79 Å². The Morgan fingerprint density at radius 2 is 2.03 bits per heavy atom. The van der Waals surface area contributed by atoms with Gasteiger partial charge in [0.15, 0.2) is 5.76 Å². The molecular weight excluding hydrogens is 394 g/mol. The molecule has 2 aromatic carbocycles. The van der Waals surface area contributed by atoms with Gasteiger partial charge in [-0.1, -0.05) is 12.1 Å². The lowest BCUT2D eigenvalue weighted by Crippen LogP contribution is -1.98. The number of pyridine rings is 1. The Labute approximate surface area is 176 Å². The van der Waals surface area contributed by atoms with Crippen LogP contribution in [0.3, 0.4) is 0 Å². The molecule has 2 aromatic heterocycles. The summed E-state index contributed by atoms with van der Waals surface area (Å²) < 4.78 is 7.60. The number of hydrogen-bond acceptors (Lipinski definition) is 6. The van der Waals surface area contributed by atoms with Crippen LogP contribution in [0.4, 0.5) is 0 Å². The van der Waals surface area contributed by atoms with Crippen LogP contribution in [0, 0.1) is 11.3 Å². The van der Waals surface area contributed by atoms with Crippen LogP contribution in [-0.4, -0.2) is 25.5 Å². The lowest BCUT2D eigenvalue weighted by molar-refractivity contribution is 0.101. The first-order chi connectivity index (χ1) is 15.0. The number of carbonyl (C=O) groups is 1. The van der Waals surface area contributed by atoms with Crippen LogP contribution in [-0.2, 0) is 7.05 Å². The first-order valence-corrected chi connectivity index (χ1v) is 9.41. The molecule has 0 atom stereocenters. The molecule has 0 radical (unpaired) electrons. The second-order valence-electron chi connectivity index (χ2n) is 7.22. The SMILES string of the molecule is Cn1cc(/C=C2\Oc3cc(O)cc(O)c3C2=O)c2c(-c3ccc(C#N)nc3)cccc21. The normalized spacial score (nSPS) is 13.9. The molecular formula is C24H15N3O4. The van der Waals surface area contributed by atoms with E-state index in [1.165, 1.54) is 6.07 Å². The van der Waals surface area contributed by atoms with Crippen LogP contribution in [0.5, 0.6) is 17.2 Å². The fourth-order valence-electron chi connectivity index (χ4n) is 3.87. The number of aromatic hydroxyl groups is 2. The highest BCUT2D eigenvalue weighted by atomic mass is 16.5. The zero-order valence-electron chi connectivity index (χ0n) is 16.3. The number of ether oxygens (including phenoxy) is 1. The minimum Gasteiger partial charge on any atom is -0.508 e. The largest absolute Gasteiger partial charge is 0.508 e. The number of hydrogen-bond donors (Lipinski definition) is 2. The van der Waals surface area contributed by atoms with E-state index in [4.69, 9.17) is 10.00 Å². The number of ketones is 1. The third-order valence-corrected chi connectivity index (χ3v) is 5.26. The molecule has 5 rings (SSSR count). The smallest absolute Gasteiger partial charge is 0.235 e. The summed E-state index contributed by atoms with van der Waals surface area (Å²) in [6, 6.07) is 13.8. The molecule has 31 heavy (non-hydrogen) atoms. The number of carbonyl (C=O) groups excluding carboxylic acids is 1. The molecule has 0 amide bonds. The van der Waals surface area contributed by atoms with Gasteiger partial charge in [-0.2, -0.15) is 5.26 Å². The zero-order valence-corrected chi connectivity index (χ0v) is 16.3. The molecule has 7 nitrogen and oxygen atoms in total. The molecule has 0 saturated heterocycles. The molecule has 3 heterocycles. The average Bonchev–Trinajstić information content (AvgIpc) is 3.25. The number of aryl methyl sites for hydroxylation is 1. The molecule has 0 unspecified atom stereocenters. The van der Waals surface area contributed by atoms with Gasteiger partial charge in [-0.15, -0.1) is 0 Å². The minimum absolute atomic E-state index is 0.0285. The van der Waals surface area contributed by atoms with Crippen LogP contribution < -0.4 is 4.74 Å². The topological polar surface area (TPSA) is 108 Å². The Morgan fingerprint density at radius 3 is 2.77 bits per heavy atom. The van der Waals surface area contributed by atoms with Gasteiger partial charge in [0.1, 0.15) is 34.6 Å². The number of Topliss-reactive ketones (excluding diaryl/α,β-unsaturated/α-hetero) is 1. The second-order valence-corrected chi connectivity index (χ2v) is 7.22. The van der Waals surface area contributed by atoms with E-state index >= 15 is 0 Å². The van der Waals surface area contributed by atoms with E-state index in [2.05, 4.69) is 4.98 Å². The first kappa shape index (κ1) is 18.5. The molecule has 150 valence electrons. The highest BCUT2D eigenvalue weighted by molar-refractivity contribution is 6.17. The third kappa shape index (κ3) is 2.90. The van der Waals surface area contributed by atoms with Crippen molar-refractivity contribution < 1.29 is 19.7 Å². The van der Waals surface area contributed by atoms with Gasteiger partial charge in [0.05, 0.1) is 0 Å². The molecule has 0 bridgehead atoms. The number of nitrogens with zero attached hydrogens (tertiary/aromatic N) is 3. The van der Waals surface area contributed by atoms with Crippen molar-refractivity contribution in [2.75, 3.05) is 0 Å². The third-order valence-electron chi connectivity index (χ3n) is 5.26. The maximum atomic E-state index is 12.8. The average molecular weight is 409 g/mol. The van der Waals surface area contributed by atoms with E-state index in [0.29, 0.717) is 5.69 Å². The van der Waals surface area contributed by atoms with Crippen molar-refractivity contribution in [1.29, 1.82) is 5.26 Å². The Balaban J connectivity index is 1.67. The predicted molar refractivity (Wildman–Crippen MR) is 114 cm³/mol. The summed E-state index contributed by atoms with van der Waals surface area (Å²) in [6.45, 7) is 0. The van der Waals surface area contributed by atoms with Crippen LogP contribution in [0.2, 0.25) is 0 Å². The Hall–Kier alpha value is -4.57. The van der Waals surface area contributed by atoms with E-state index in [1.807, 2.05) is 48.1 Å². The zero-order chi connectivity index (χ0) is 21.7. The molecule has 0 spiro atoms. The van der Waals surface area contributed by atoms with Crippen molar-refractivity contribution in [1.82, 2.24) is 9.55 Å². The van der Waals surface area contributed by atoms with Gasteiger partial charge in [-0.25, -0.2) is 4.98 Å². The minimum atomic E-state index is -0.456. The number of phenolic OH excluding ortho intramolecular Hbond substituents is 2. The van der Waals surface area contributed by atoms with E-state index < -0.39 is 5.78 Å². The second kappa shape index (κ2) is 6.75. The van der Waals surface area contributed by atoms with Gasteiger partial charge >= 0.3 is 0 Å². The van der Waals surface area contributed by atoms with E-state index in [-0.39, 0.29) is 28.6 Å². The number of allylic oxidation sites excluding steroid dienone is 1. The number of rotatable bonds is 2. The highest BCUT2D eigenvalue weighted by Crippen LogP contribution is 2.41. The van der Waals surface area contributed by atoms with Crippen molar-refractivity contribution in [3.63, 3.8) is 0 Å². The maximum Gasteiger partial charge on any atom is 0.235 e. The van der Waals surface area contributed by atoms with Crippen molar-refractivity contribution in [2.24, 2.45) is 7.05 Å². The van der Waals surface area contributed by atoms with Crippen molar-refractivity contribution in [2.45, 2.75) is 0 Å². The number of benzene rings is 2. The van der Waals surface area contributed by atoms with E-state index in [0.717, 1.165) is 33.7 Å². The highest BCUT2D eigenvalue weighted by Gasteiger charge is 2.31. The Morgan fingerprint density at radius 1 is 1.19 bits per heavy atom. The molecule has 4 aromatic rings. The first-order valence-electron chi connectivity index (χ1n) is 9.41. The molecule has 2 N–H and O–H groups in total. The van der Waals surface area contributed by atoms with Crippen LogP contribution in [0.1, 0.15) is 21.6 Å². The Kier molecular flexibility index (Phi) is 4.02. The predicted octanol–water partition coefficient (Wildman–Crippen LogP) is 4.14. The van der Waals surface area contributed by atoms with Gasteiger partial charge in [0.25, 0.3) is 0 Å². The summed E-state index contributed by atoms with van der Waals surface area (Å²) in [5.74, 6) is -0.805. The monoisotopic (exact) mass is 409 g/mol. The fraction of sp³-hybridized carbons (Fsp3) is 0.0417. The quantitative estimate of drug-likeness (QED) is 0.482. The molecule has 1 aliphatic heterocycles. The van der Waals surface area contributed by atoms with Crippen LogP contribution >= 0.6 is 0 Å². The fourth-order valence-corrected chi connectivity index (χ4v) is 3.87. The number of fused-ring (bicyclic) bond motifs is 2. The van der Waals surface area contributed by atoms with Crippen molar-refractivity contribution >= 4 is 22.8 Å². The number of aromatic nitrogens is 2. The number of phenols is 2. The maximum absolute atomic E-state index is 12.8. The molecule has 0 aliphatic carbocycles. The van der Waals surface area contributed by atoms with Gasteiger partial charge in [0, 0.05) is 53.6 Å². The molecule has 7 heteroatoms. The standard InChI is InChI=1S/C24H15N3O4/c1-27-12-14(7-21-24(30)23-19(29)8-16(28)9-20(23)31-21)22-17(3-2-4-18(22)27)13-5-6-15(10-25)26-11-13/h2-9,11-12,28-29H,1H3/b21-7-. The van der Waals surface area contributed by atoms with E-state index in [1.54, 1.807) is 18.3 Å². The number of nitriles is 1. The van der Waals surface area contributed by atoms with Gasteiger partial charge in [-0.05, 0) is 29.8 Å². The van der Waals surface area contributed by atoms with Gasteiger partial charge < -0.3 is 19.5 Å². The van der Waals surface area contributed by atoms with E-state index in [9.17, 15) is 15.0 Å². The summed E-state index contributed by atoms with van der Waals surface area (Å²) in [6.07, 6.45) is 5.15. The summed E-state index contributed by atoms with van der Waals surface area (Å²) >= 11 is 0. The Bertz CT molecular complexity index is 1460. The molecule has 1 aliphatic rings. The summed E-state index contributed by atoms with van der Waals surface area (Å²) in [5.41, 5.74) is 3.78. The van der Waals surface area contributed by atoms with Crippen molar-refractivity contribution in [3.05, 3.63) is 77.4 Å². The van der Waals surface area contributed by atoms with Crippen LogP contribution in [0.25, 0.3) is 28.1 Å². The lowest BCUT2D eigenvalue weighted by atomic mass is 9.99.